The Morgan fingerprint density at radius 2 is 1.23 bits per heavy atom. The van der Waals surface area contributed by atoms with E-state index in [0.29, 0.717) is 12.1 Å². The van der Waals surface area contributed by atoms with Crippen LogP contribution in [0, 0.1) is 0 Å². The van der Waals surface area contributed by atoms with E-state index >= 15 is 0 Å². The van der Waals surface area contributed by atoms with Crippen LogP contribution in [-0.2, 0) is 0 Å². The van der Waals surface area contributed by atoms with Gasteiger partial charge in [0.1, 0.15) is 0 Å². The molecule has 0 radical (unpaired) electrons. The molecule has 0 amide bonds. The van der Waals surface area contributed by atoms with Crippen molar-refractivity contribution in [3.8, 4) is 16.9 Å². The largest absolute Gasteiger partial charge is 0.371 e. The Balaban J connectivity index is 0.983. The molecule has 1 N–H and O–H groups in total. The summed E-state index contributed by atoms with van der Waals surface area (Å²) in [6.07, 6.45) is 2.37. The Labute approximate surface area is 310 Å². The van der Waals surface area contributed by atoms with E-state index in [1.54, 1.807) is 0 Å². The van der Waals surface area contributed by atoms with Crippen molar-refractivity contribution in [1.82, 2.24) is 19.7 Å². The molecule has 0 spiro atoms. The average molecular weight is 688 g/mol. The van der Waals surface area contributed by atoms with Crippen molar-refractivity contribution >= 4 is 16.6 Å². The van der Waals surface area contributed by atoms with Crippen LogP contribution >= 0.6 is 0 Å². The fourth-order valence-electron chi connectivity index (χ4n) is 8.46. The quantitative estimate of drug-likeness (QED) is 0.138. The SMILES string of the molecule is CC(C)N1CCN(CCNC2CCN(c3cccc(-c4cc5ccccc5n4-c4ccc(C(c5ccccc5)c5ccccc5)cc4)c3)CC2)CC1. The number of hydrogen-bond donors (Lipinski definition) is 1. The maximum Gasteiger partial charge on any atom is 0.0541 e. The first-order chi connectivity index (χ1) is 25.6. The first-order valence-electron chi connectivity index (χ1n) is 19.5. The van der Waals surface area contributed by atoms with E-state index < -0.39 is 0 Å². The first kappa shape index (κ1) is 34.4. The van der Waals surface area contributed by atoms with Gasteiger partial charge in [-0.1, -0.05) is 103 Å². The van der Waals surface area contributed by atoms with Gasteiger partial charge < -0.3 is 14.8 Å². The zero-order valence-electron chi connectivity index (χ0n) is 30.9. The standard InChI is InChI=1S/C47H53N5/c1-36(2)50-32-30-49(31-33-50)29-26-48-42-24-27-51(28-25-42)44-18-11-17-40(34-44)46-35-41-16-9-10-19-45(41)52(46)43-22-20-39(21-23-43)47(37-12-5-3-6-13-37)38-14-7-4-8-15-38/h3-23,34-36,42,47-48H,24-33H2,1-2H3. The molecule has 2 aliphatic rings. The third-order valence-electron chi connectivity index (χ3n) is 11.5. The van der Waals surface area contributed by atoms with E-state index in [1.807, 2.05) is 0 Å². The number of rotatable bonds is 11. The molecule has 0 bridgehead atoms. The molecule has 1 aromatic heterocycles. The molecule has 266 valence electrons. The van der Waals surface area contributed by atoms with Crippen molar-refractivity contribution in [2.24, 2.45) is 0 Å². The topological polar surface area (TPSA) is 26.7 Å². The number of nitrogens with one attached hydrogen (secondary N) is 1. The smallest absolute Gasteiger partial charge is 0.0541 e. The van der Waals surface area contributed by atoms with Crippen LogP contribution in [0.5, 0.6) is 0 Å². The Morgan fingerprint density at radius 3 is 1.90 bits per heavy atom. The number of hydrogen-bond acceptors (Lipinski definition) is 4. The summed E-state index contributed by atoms with van der Waals surface area (Å²) in [5.74, 6) is 0.180. The van der Waals surface area contributed by atoms with Crippen LogP contribution in [0.4, 0.5) is 5.69 Å². The van der Waals surface area contributed by atoms with Crippen LogP contribution in [0.1, 0.15) is 49.3 Å². The predicted octanol–water partition coefficient (Wildman–Crippen LogP) is 9.06. The lowest BCUT2D eigenvalue weighted by Crippen LogP contribution is -2.51. The van der Waals surface area contributed by atoms with Crippen molar-refractivity contribution in [2.75, 3.05) is 57.3 Å². The zero-order chi connectivity index (χ0) is 35.3. The summed E-state index contributed by atoms with van der Waals surface area (Å²) in [7, 11) is 0. The molecule has 0 aliphatic carbocycles. The van der Waals surface area contributed by atoms with Gasteiger partial charge >= 0.3 is 0 Å². The van der Waals surface area contributed by atoms with Gasteiger partial charge in [-0.05, 0) is 79.8 Å². The third kappa shape index (κ3) is 7.59. The first-order valence-corrected chi connectivity index (χ1v) is 19.5. The Bertz CT molecular complexity index is 1980. The van der Waals surface area contributed by atoms with E-state index in [-0.39, 0.29) is 5.92 Å². The maximum absolute atomic E-state index is 3.90. The molecular weight excluding hydrogens is 635 g/mol. The molecular formula is C47H53N5. The van der Waals surface area contributed by atoms with Crippen molar-refractivity contribution in [3.05, 3.63) is 156 Å². The number of anilines is 1. The minimum Gasteiger partial charge on any atom is -0.371 e. The van der Waals surface area contributed by atoms with Crippen LogP contribution in [-0.4, -0.2) is 78.8 Å². The molecule has 5 aromatic carbocycles. The molecule has 2 fully saturated rings. The Kier molecular flexibility index (Phi) is 10.5. The molecule has 2 aliphatic heterocycles. The third-order valence-corrected chi connectivity index (χ3v) is 11.5. The highest BCUT2D eigenvalue weighted by Crippen LogP contribution is 2.36. The Morgan fingerprint density at radius 1 is 0.596 bits per heavy atom. The summed E-state index contributed by atoms with van der Waals surface area (Å²) in [6.45, 7) is 13.8. The van der Waals surface area contributed by atoms with E-state index in [2.05, 4.69) is 178 Å². The van der Waals surface area contributed by atoms with Crippen molar-refractivity contribution in [2.45, 2.75) is 44.7 Å². The van der Waals surface area contributed by atoms with Gasteiger partial charge in [0.05, 0.1) is 11.2 Å². The number of benzene rings is 5. The van der Waals surface area contributed by atoms with E-state index in [4.69, 9.17) is 0 Å². The molecule has 0 saturated carbocycles. The molecule has 5 nitrogen and oxygen atoms in total. The van der Waals surface area contributed by atoms with E-state index in [9.17, 15) is 0 Å². The fraction of sp³-hybridized carbons (Fsp3) is 0.319. The van der Waals surface area contributed by atoms with Gasteiger partial charge in [0.25, 0.3) is 0 Å². The molecule has 6 aromatic rings. The molecule has 3 heterocycles. The number of piperazine rings is 1. The second-order valence-corrected chi connectivity index (χ2v) is 15.0. The minimum absolute atomic E-state index is 0.180. The summed E-state index contributed by atoms with van der Waals surface area (Å²) >= 11 is 0. The highest BCUT2D eigenvalue weighted by molar-refractivity contribution is 5.89. The van der Waals surface area contributed by atoms with Crippen molar-refractivity contribution in [3.63, 3.8) is 0 Å². The van der Waals surface area contributed by atoms with Crippen molar-refractivity contribution < 1.29 is 0 Å². The second-order valence-electron chi connectivity index (χ2n) is 15.0. The summed E-state index contributed by atoms with van der Waals surface area (Å²) in [5.41, 5.74) is 10.1. The molecule has 8 rings (SSSR count). The van der Waals surface area contributed by atoms with E-state index in [0.717, 1.165) is 26.2 Å². The van der Waals surface area contributed by atoms with Crippen LogP contribution < -0.4 is 10.2 Å². The van der Waals surface area contributed by atoms with Crippen LogP contribution in [0.3, 0.4) is 0 Å². The monoisotopic (exact) mass is 687 g/mol. The summed E-state index contributed by atoms with van der Waals surface area (Å²) in [6, 6.07) is 52.6. The van der Waals surface area contributed by atoms with Crippen molar-refractivity contribution in [1.29, 1.82) is 0 Å². The highest BCUT2D eigenvalue weighted by Gasteiger charge is 2.23. The fourth-order valence-corrected chi connectivity index (χ4v) is 8.46. The predicted molar refractivity (Wildman–Crippen MR) is 219 cm³/mol. The maximum atomic E-state index is 3.90. The minimum atomic E-state index is 0.180. The molecule has 0 unspecified atom stereocenters. The number of aromatic nitrogens is 1. The van der Waals surface area contributed by atoms with Gasteiger partial charge in [0.15, 0.2) is 0 Å². The molecule has 5 heteroatoms. The van der Waals surface area contributed by atoms with Crippen LogP contribution in [0.15, 0.2) is 140 Å². The van der Waals surface area contributed by atoms with Gasteiger partial charge in [-0.3, -0.25) is 9.80 Å². The number of para-hydroxylation sites is 1. The van der Waals surface area contributed by atoms with Crippen LogP contribution in [0.2, 0.25) is 0 Å². The number of fused-ring (bicyclic) bond motifs is 1. The van der Waals surface area contributed by atoms with Gasteiger partial charge in [-0.25, -0.2) is 0 Å². The lowest BCUT2D eigenvalue weighted by molar-refractivity contribution is 0.108. The number of nitrogens with zero attached hydrogens (tertiary/aromatic N) is 4. The van der Waals surface area contributed by atoms with Crippen LogP contribution in [0.25, 0.3) is 27.8 Å². The normalized spacial score (nSPS) is 16.3. The molecule has 0 atom stereocenters. The zero-order valence-corrected chi connectivity index (χ0v) is 30.9. The lowest BCUT2D eigenvalue weighted by Gasteiger charge is -2.37. The van der Waals surface area contributed by atoms with E-state index in [1.165, 1.54) is 89.2 Å². The van der Waals surface area contributed by atoms with Gasteiger partial charge in [0, 0.05) is 92.7 Å². The summed E-state index contributed by atoms with van der Waals surface area (Å²) < 4.78 is 2.44. The number of piperidine rings is 1. The van der Waals surface area contributed by atoms with Gasteiger partial charge in [0.2, 0.25) is 0 Å². The Hall–Kier alpha value is -4.68. The second kappa shape index (κ2) is 15.9. The highest BCUT2D eigenvalue weighted by atomic mass is 15.3. The van der Waals surface area contributed by atoms with Gasteiger partial charge in [-0.15, -0.1) is 0 Å². The summed E-state index contributed by atoms with van der Waals surface area (Å²) in [4.78, 5) is 7.81. The summed E-state index contributed by atoms with van der Waals surface area (Å²) in [5, 5.41) is 5.15. The van der Waals surface area contributed by atoms with Gasteiger partial charge in [-0.2, -0.15) is 0 Å². The molecule has 2 saturated heterocycles. The molecule has 52 heavy (non-hydrogen) atoms. The average Bonchev–Trinajstić information content (AvgIpc) is 3.60. The lowest BCUT2D eigenvalue weighted by atomic mass is 9.85.